The lowest BCUT2D eigenvalue weighted by Crippen LogP contribution is -2.43. The number of ether oxygens (including phenoxy) is 1. The molecule has 0 fully saturated rings. The van der Waals surface area contributed by atoms with Gasteiger partial charge in [-0.1, -0.05) is 0 Å². The van der Waals surface area contributed by atoms with Crippen LogP contribution in [0.3, 0.4) is 0 Å². The van der Waals surface area contributed by atoms with E-state index in [-0.39, 0.29) is 16.8 Å². The fraction of sp³-hybridized carbons (Fsp3) is 0.727. The second-order valence-corrected chi connectivity index (χ2v) is 5.07. The molecule has 0 unspecified atom stereocenters. The summed E-state index contributed by atoms with van der Waals surface area (Å²) >= 11 is 5.81. The van der Waals surface area contributed by atoms with Crippen molar-refractivity contribution in [2.45, 2.75) is 26.3 Å². The van der Waals surface area contributed by atoms with Gasteiger partial charge in [-0.3, -0.25) is 0 Å². The van der Waals surface area contributed by atoms with Crippen LogP contribution in [0, 0.1) is 0 Å². The first-order valence-electron chi connectivity index (χ1n) is 5.81. The number of rotatable bonds is 6. The summed E-state index contributed by atoms with van der Waals surface area (Å²) in [6.45, 7) is 7.27. The van der Waals surface area contributed by atoms with Crippen molar-refractivity contribution in [2.24, 2.45) is 0 Å². The van der Waals surface area contributed by atoms with Gasteiger partial charge in [0.05, 0.1) is 0 Å². The molecule has 6 nitrogen and oxygen atoms in total. The summed E-state index contributed by atoms with van der Waals surface area (Å²) in [5, 5.41) is 3.10. The summed E-state index contributed by atoms with van der Waals surface area (Å²) < 4.78 is 5.57. The molecule has 1 aromatic heterocycles. The lowest BCUT2D eigenvalue weighted by molar-refractivity contribution is 0.108. The van der Waals surface area contributed by atoms with E-state index < -0.39 is 0 Å². The van der Waals surface area contributed by atoms with Crippen LogP contribution in [0.5, 0.6) is 6.01 Å². The van der Waals surface area contributed by atoms with E-state index in [0.29, 0.717) is 19.1 Å². The zero-order chi connectivity index (χ0) is 13.8. The van der Waals surface area contributed by atoms with Crippen molar-refractivity contribution < 1.29 is 4.74 Å². The van der Waals surface area contributed by atoms with Crippen LogP contribution in [0.1, 0.15) is 20.8 Å². The fourth-order valence-electron chi connectivity index (χ4n) is 1.00. The van der Waals surface area contributed by atoms with Crippen molar-refractivity contribution in [3.63, 3.8) is 0 Å². The number of likely N-dealkylation sites (N-methyl/N-ethyl adjacent to an activating group) is 1. The molecule has 0 aliphatic heterocycles. The van der Waals surface area contributed by atoms with Crippen LogP contribution in [-0.4, -0.2) is 52.6 Å². The van der Waals surface area contributed by atoms with Crippen molar-refractivity contribution in [2.75, 3.05) is 32.6 Å². The molecular weight excluding hydrogens is 254 g/mol. The predicted octanol–water partition coefficient (Wildman–Crippen LogP) is 1.68. The molecule has 0 aromatic carbocycles. The zero-order valence-electron chi connectivity index (χ0n) is 11.5. The lowest BCUT2D eigenvalue weighted by Gasteiger charge is -2.31. The Morgan fingerprint density at radius 1 is 1.28 bits per heavy atom. The Labute approximate surface area is 113 Å². The summed E-state index contributed by atoms with van der Waals surface area (Å²) in [5.41, 5.74) is -0.114. The van der Waals surface area contributed by atoms with Gasteiger partial charge in [0.25, 0.3) is 0 Å². The molecule has 18 heavy (non-hydrogen) atoms. The third-order valence-electron chi connectivity index (χ3n) is 2.69. The smallest absolute Gasteiger partial charge is 0.322 e. The van der Waals surface area contributed by atoms with Crippen LogP contribution in [-0.2, 0) is 0 Å². The molecule has 7 heteroatoms. The molecule has 0 saturated carbocycles. The molecule has 0 aliphatic carbocycles. The van der Waals surface area contributed by atoms with Gasteiger partial charge in [-0.2, -0.15) is 15.0 Å². The normalized spacial score (nSPS) is 11.7. The largest absolute Gasteiger partial charge is 0.461 e. The molecule has 102 valence electrons. The summed E-state index contributed by atoms with van der Waals surface area (Å²) in [4.78, 5) is 14.1. The topological polar surface area (TPSA) is 63.2 Å². The van der Waals surface area contributed by atoms with Crippen LogP contribution < -0.4 is 10.1 Å². The number of nitrogens with zero attached hydrogens (tertiary/aromatic N) is 4. The van der Waals surface area contributed by atoms with Gasteiger partial charge in [-0.15, -0.1) is 0 Å². The average molecular weight is 274 g/mol. The standard InChI is InChI=1S/C11H20ClN5O/c1-6-13-9-14-8(12)15-10(16-9)18-7-11(2,3)17(4)5/h6-7H2,1-5H3,(H,13,14,15,16). The van der Waals surface area contributed by atoms with Crippen LogP contribution in [0.25, 0.3) is 0 Å². The monoisotopic (exact) mass is 273 g/mol. The van der Waals surface area contributed by atoms with Crippen LogP contribution in [0.2, 0.25) is 5.28 Å². The minimum Gasteiger partial charge on any atom is -0.461 e. The van der Waals surface area contributed by atoms with E-state index in [4.69, 9.17) is 16.3 Å². The number of halogens is 1. The molecule has 1 rings (SSSR count). The van der Waals surface area contributed by atoms with Gasteiger partial charge in [0, 0.05) is 12.1 Å². The Kier molecular flexibility index (Phi) is 5.10. The van der Waals surface area contributed by atoms with Crippen molar-refractivity contribution in [3.8, 4) is 6.01 Å². The average Bonchev–Trinajstić information content (AvgIpc) is 2.26. The predicted molar refractivity (Wildman–Crippen MR) is 72.3 cm³/mol. The van der Waals surface area contributed by atoms with Gasteiger partial charge in [-0.05, 0) is 46.5 Å². The molecule has 1 heterocycles. The molecule has 0 aliphatic rings. The highest BCUT2D eigenvalue weighted by Gasteiger charge is 2.22. The van der Waals surface area contributed by atoms with Crippen molar-refractivity contribution in [1.82, 2.24) is 19.9 Å². The van der Waals surface area contributed by atoms with E-state index >= 15 is 0 Å². The number of nitrogens with one attached hydrogen (secondary N) is 1. The number of anilines is 1. The Hall–Kier alpha value is -1.14. The summed E-state index contributed by atoms with van der Waals surface area (Å²) in [6, 6.07) is 0.237. The quantitative estimate of drug-likeness (QED) is 0.851. The van der Waals surface area contributed by atoms with Gasteiger partial charge in [-0.25, -0.2) is 0 Å². The van der Waals surface area contributed by atoms with Gasteiger partial charge in [0.15, 0.2) is 0 Å². The van der Waals surface area contributed by atoms with Gasteiger partial charge < -0.3 is 15.0 Å². The van der Waals surface area contributed by atoms with E-state index in [2.05, 4.69) is 39.0 Å². The number of hydrogen-bond acceptors (Lipinski definition) is 6. The molecular formula is C11H20ClN5O. The van der Waals surface area contributed by atoms with E-state index in [1.165, 1.54) is 0 Å². The minimum absolute atomic E-state index is 0.114. The lowest BCUT2D eigenvalue weighted by atomic mass is 10.1. The molecule has 0 atom stereocenters. The first-order chi connectivity index (χ1) is 8.35. The highest BCUT2D eigenvalue weighted by atomic mass is 35.5. The Morgan fingerprint density at radius 3 is 2.50 bits per heavy atom. The molecule has 0 saturated heterocycles. The first kappa shape index (κ1) is 14.9. The maximum atomic E-state index is 5.81. The van der Waals surface area contributed by atoms with Crippen molar-refractivity contribution in [1.29, 1.82) is 0 Å². The molecule has 0 amide bonds. The summed E-state index contributed by atoms with van der Waals surface area (Å²) in [5.74, 6) is 0.426. The van der Waals surface area contributed by atoms with E-state index in [1.54, 1.807) is 0 Å². The molecule has 0 radical (unpaired) electrons. The SMILES string of the molecule is CCNc1nc(Cl)nc(OCC(C)(C)N(C)C)n1. The van der Waals surface area contributed by atoms with Crippen molar-refractivity contribution >= 4 is 17.5 Å². The van der Waals surface area contributed by atoms with E-state index in [1.807, 2.05) is 21.0 Å². The molecule has 1 aromatic rings. The Bertz CT molecular complexity index is 397. The van der Waals surface area contributed by atoms with Crippen molar-refractivity contribution in [3.05, 3.63) is 5.28 Å². The molecule has 0 bridgehead atoms. The fourth-order valence-corrected chi connectivity index (χ4v) is 1.16. The summed E-state index contributed by atoms with van der Waals surface area (Å²) in [6.07, 6.45) is 0. The Balaban J connectivity index is 2.73. The minimum atomic E-state index is -0.114. The second kappa shape index (κ2) is 6.15. The van der Waals surface area contributed by atoms with E-state index in [9.17, 15) is 0 Å². The van der Waals surface area contributed by atoms with Gasteiger partial charge in [0.2, 0.25) is 11.2 Å². The molecule has 0 spiro atoms. The van der Waals surface area contributed by atoms with E-state index in [0.717, 1.165) is 0 Å². The maximum absolute atomic E-state index is 5.81. The highest BCUT2D eigenvalue weighted by Crippen LogP contribution is 2.15. The van der Waals surface area contributed by atoms with Gasteiger partial charge in [0.1, 0.15) is 6.61 Å². The Morgan fingerprint density at radius 2 is 1.94 bits per heavy atom. The number of hydrogen-bond donors (Lipinski definition) is 1. The third kappa shape index (κ3) is 4.27. The highest BCUT2D eigenvalue weighted by molar-refractivity contribution is 6.28. The zero-order valence-corrected chi connectivity index (χ0v) is 12.2. The maximum Gasteiger partial charge on any atom is 0.322 e. The molecule has 1 N–H and O–H groups in total. The van der Waals surface area contributed by atoms with Crippen LogP contribution >= 0.6 is 11.6 Å². The van der Waals surface area contributed by atoms with Crippen LogP contribution in [0.15, 0.2) is 0 Å². The second-order valence-electron chi connectivity index (χ2n) is 4.74. The van der Waals surface area contributed by atoms with Crippen LogP contribution in [0.4, 0.5) is 5.95 Å². The van der Waals surface area contributed by atoms with Gasteiger partial charge >= 0.3 is 6.01 Å². The number of aromatic nitrogens is 3. The summed E-state index contributed by atoms with van der Waals surface area (Å²) in [7, 11) is 3.99. The first-order valence-corrected chi connectivity index (χ1v) is 6.18. The third-order valence-corrected chi connectivity index (χ3v) is 2.86.